The number of carbonyl (C=O) groups is 1. The van der Waals surface area contributed by atoms with E-state index in [0.29, 0.717) is 25.0 Å². The van der Waals surface area contributed by atoms with E-state index < -0.39 is 9.84 Å². The number of sulfone groups is 1. The first-order valence-corrected chi connectivity index (χ1v) is 10.9. The van der Waals surface area contributed by atoms with Gasteiger partial charge in [0.1, 0.15) is 5.58 Å². The molecular weight excluding hydrogens is 362 g/mol. The third-order valence-electron chi connectivity index (χ3n) is 5.03. The number of amides is 1. The molecule has 3 aromatic rings. The maximum atomic E-state index is 13.2. The molecule has 0 N–H and O–H groups in total. The fourth-order valence-electron chi connectivity index (χ4n) is 3.59. The molecule has 6 heteroatoms. The van der Waals surface area contributed by atoms with E-state index in [1.54, 1.807) is 11.0 Å². The minimum absolute atomic E-state index is 0.0216. The molecule has 27 heavy (non-hydrogen) atoms. The minimum Gasteiger partial charge on any atom is -0.451 e. The van der Waals surface area contributed by atoms with E-state index in [-0.39, 0.29) is 29.2 Å². The summed E-state index contributed by atoms with van der Waals surface area (Å²) < 4.78 is 29.7. The third-order valence-corrected chi connectivity index (χ3v) is 6.78. The second-order valence-electron chi connectivity index (χ2n) is 6.94. The Kier molecular flexibility index (Phi) is 4.74. The number of hydrogen-bond donors (Lipinski definition) is 0. The van der Waals surface area contributed by atoms with E-state index in [0.717, 1.165) is 10.9 Å². The van der Waals surface area contributed by atoms with Gasteiger partial charge in [-0.25, -0.2) is 8.42 Å². The topological polar surface area (TPSA) is 67.6 Å². The zero-order chi connectivity index (χ0) is 18.9. The summed E-state index contributed by atoms with van der Waals surface area (Å²) in [6, 6.07) is 18.8. The second-order valence-corrected chi connectivity index (χ2v) is 9.17. The van der Waals surface area contributed by atoms with Crippen LogP contribution in [-0.4, -0.2) is 43.3 Å². The van der Waals surface area contributed by atoms with Crippen molar-refractivity contribution in [2.24, 2.45) is 0 Å². The van der Waals surface area contributed by atoms with Gasteiger partial charge in [0.25, 0.3) is 5.91 Å². The van der Waals surface area contributed by atoms with E-state index in [1.165, 1.54) is 0 Å². The summed E-state index contributed by atoms with van der Waals surface area (Å²) in [5.74, 6) is 0.165. The maximum Gasteiger partial charge on any atom is 0.289 e. The van der Waals surface area contributed by atoms with Crippen molar-refractivity contribution in [3.05, 3.63) is 72.0 Å². The number of hydrogen-bond acceptors (Lipinski definition) is 4. The Hall–Kier alpha value is -2.60. The summed E-state index contributed by atoms with van der Waals surface area (Å²) in [6.45, 7) is 0.458. The van der Waals surface area contributed by atoms with Crippen LogP contribution in [0.3, 0.4) is 0 Å². The smallest absolute Gasteiger partial charge is 0.289 e. The molecule has 0 aliphatic carbocycles. The quantitative estimate of drug-likeness (QED) is 0.678. The largest absolute Gasteiger partial charge is 0.451 e. The van der Waals surface area contributed by atoms with Crippen molar-refractivity contribution in [3.63, 3.8) is 0 Å². The molecule has 0 bridgehead atoms. The monoisotopic (exact) mass is 383 g/mol. The van der Waals surface area contributed by atoms with Gasteiger partial charge in [0.2, 0.25) is 0 Å². The van der Waals surface area contributed by atoms with Crippen molar-refractivity contribution in [1.82, 2.24) is 4.90 Å². The van der Waals surface area contributed by atoms with Crippen LogP contribution in [0.15, 0.2) is 65.1 Å². The van der Waals surface area contributed by atoms with Crippen molar-refractivity contribution < 1.29 is 17.6 Å². The predicted molar refractivity (Wildman–Crippen MR) is 104 cm³/mol. The van der Waals surface area contributed by atoms with Crippen molar-refractivity contribution in [2.75, 3.05) is 18.1 Å². The summed E-state index contributed by atoms with van der Waals surface area (Å²) in [7, 11) is -3.09. The summed E-state index contributed by atoms with van der Waals surface area (Å²) in [4.78, 5) is 14.8. The number of para-hydroxylation sites is 1. The van der Waals surface area contributed by atoms with Gasteiger partial charge in [-0.15, -0.1) is 0 Å². The fourth-order valence-corrected chi connectivity index (χ4v) is 5.32. The zero-order valence-electron chi connectivity index (χ0n) is 14.9. The van der Waals surface area contributed by atoms with E-state index in [4.69, 9.17) is 4.42 Å². The fraction of sp³-hybridized carbons (Fsp3) is 0.286. The normalized spacial score (nSPS) is 18.6. The Bertz CT molecular complexity index is 1020. The van der Waals surface area contributed by atoms with Crippen LogP contribution in [0.1, 0.15) is 22.5 Å². The minimum atomic E-state index is -3.09. The van der Waals surface area contributed by atoms with Crippen LogP contribution in [0, 0.1) is 0 Å². The molecule has 2 aromatic carbocycles. The number of benzene rings is 2. The van der Waals surface area contributed by atoms with Gasteiger partial charge in [-0.05, 0) is 30.5 Å². The molecule has 0 spiro atoms. The lowest BCUT2D eigenvalue weighted by Crippen LogP contribution is -2.42. The molecule has 0 saturated carbocycles. The maximum absolute atomic E-state index is 13.2. The number of nitrogens with zero attached hydrogens (tertiary/aromatic N) is 1. The molecule has 0 unspecified atom stereocenters. The van der Waals surface area contributed by atoms with E-state index in [2.05, 4.69) is 0 Å². The van der Waals surface area contributed by atoms with Crippen LogP contribution >= 0.6 is 0 Å². The van der Waals surface area contributed by atoms with Crippen LogP contribution in [0.5, 0.6) is 0 Å². The molecule has 0 radical (unpaired) electrons. The zero-order valence-corrected chi connectivity index (χ0v) is 15.7. The highest BCUT2D eigenvalue weighted by Gasteiger charge is 2.35. The van der Waals surface area contributed by atoms with Gasteiger partial charge in [0, 0.05) is 18.0 Å². The van der Waals surface area contributed by atoms with Crippen LogP contribution in [0.25, 0.3) is 11.0 Å². The molecule has 5 nitrogen and oxygen atoms in total. The van der Waals surface area contributed by atoms with Crippen molar-refractivity contribution in [3.8, 4) is 0 Å². The van der Waals surface area contributed by atoms with Crippen LogP contribution in [0.2, 0.25) is 0 Å². The second kappa shape index (κ2) is 7.19. The van der Waals surface area contributed by atoms with Gasteiger partial charge in [-0.3, -0.25) is 4.79 Å². The lowest BCUT2D eigenvalue weighted by atomic mass is 10.1. The highest BCUT2D eigenvalue weighted by atomic mass is 32.2. The Balaban J connectivity index is 1.60. The summed E-state index contributed by atoms with van der Waals surface area (Å²) in [6.07, 6.45) is 1.15. The Morgan fingerprint density at radius 3 is 2.52 bits per heavy atom. The van der Waals surface area contributed by atoms with E-state index >= 15 is 0 Å². The standard InChI is InChI=1S/C21H21NO4S/c23-21(20-14-17-8-4-5-9-19(17)26-20)22(18-11-13-27(24,25)15-18)12-10-16-6-2-1-3-7-16/h1-9,14,18H,10-13,15H2/t18-/m0/s1. The lowest BCUT2D eigenvalue weighted by molar-refractivity contribution is 0.0669. The van der Waals surface area contributed by atoms with Crippen LogP contribution in [0.4, 0.5) is 0 Å². The number of rotatable bonds is 5. The number of carbonyl (C=O) groups excluding carboxylic acids is 1. The summed E-state index contributed by atoms with van der Waals surface area (Å²) >= 11 is 0. The van der Waals surface area contributed by atoms with E-state index in [1.807, 2.05) is 54.6 Å². The van der Waals surface area contributed by atoms with Crippen LogP contribution < -0.4 is 0 Å². The first kappa shape index (κ1) is 17.8. The molecule has 1 amide bonds. The van der Waals surface area contributed by atoms with Gasteiger partial charge >= 0.3 is 0 Å². The highest BCUT2D eigenvalue weighted by molar-refractivity contribution is 7.91. The van der Waals surface area contributed by atoms with E-state index in [9.17, 15) is 13.2 Å². The SMILES string of the molecule is O=C(c1cc2ccccc2o1)N(CCc1ccccc1)[C@H]1CCS(=O)(=O)C1. The van der Waals surface area contributed by atoms with Gasteiger partial charge in [0.15, 0.2) is 15.6 Å². The van der Waals surface area contributed by atoms with Gasteiger partial charge in [-0.2, -0.15) is 0 Å². The van der Waals surface area contributed by atoms with Gasteiger partial charge < -0.3 is 9.32 Å². The molecule has 2 heterocycles. The first-order chi connectivity index (χ1) is 13.0. The molecule has 4 rings (SSSR count). The summed E-state index contributed by atoms with van der Waals surface area (Å²) in [5, 5.41) is 0.864. The molecular formula is C21H21NO4S. The van der Waals surface area contributed by atoms with Gasteiger partial charge in [-0.1, -0.05) is 48.5 Å². The molecule has 1 fully saturated rings. The molecule has 1 atom stereocenters. The Labute approximate surface area is 158 Å². The molecule has 1 saturated heterocycles. The number of fused-ring (bicyclic) bond motifs is 1. The van der Waals surface area contributed by atoms with Crippen molar-refractivity contribution in [2.45, 2.75) is 18.9 Å². The predicted octanol–water partition coefficient (Wildman–Crippen LogP) is 3.30. The molecule has 1 aliphatic rings. The molecule has 1 aliphatic heterocycles. The van der Waals surface area contributed by atoms with Crippen molar-refractivity contribution in [1.29, 1.82) is 0 Å². The summed E-state index contributed by atoms with van der Waals surface area (Å²) in [5.41, 5.74) is 1.77. The third kappa shape index (κ3) is 3.90. The average Bonchev–Trinajstić information content (AvgIpc) is 3.25. The molecule has 1 aromatic heterocycles. The van der Waals surface area contributed by atoms with Crippen molar-refractivity contribution >= 4 is 26.7 Å². The Morgan fingerprint density at radius 1 is 1.07 bits per heavy atom. The van der Waals surface area contributed by atoms with Gasteiger partial charge in [0.05, 0.1) is 11.5 Å². The number of furan rings is 1. The lowest BCUT2D eigenvalue weighted by Gasteiger charge is -2.27. The van der Waals surface area contributed by atoms with Crippen LogP contribution in [-0.2, 0) is 16.3 Å². The average molecular weight is 383 g/mol. The first-order valence-electron chi connectivity index (χ1n) is 9.06. The highest BCUT2D eigenvalue weighted by Crippen LogP contribution is 2.24. The molecule has 140 valence electrons. The Morgan fingerprint density at radius 2 is 1.81 bits per heavy atom.